The van der Waals surface area contributed by atoms with Gasteiger partial charge in [0.15, 0.2) is 5.96 Å². The number of rotatable bonds is 3. The SMILES string of the molecule is CN(C)C(N)=NCC1(c2ccc(Br)cc2)CCC1.I. The molecule has 1 fully saturated rings. The zero-order valence-corrected chi connectivity index (χ0v) is 15.3. The third-order valence-electron chi connectivity index (χ3n) is 3.77. The summed E-state index contributed by atoms with van der Waals surface area (Å²) in [4.78, 5) is 6.38. The van der Waals surface area contributed by atoms with Gasteiger partial charge in [0.05, 0.1) is 6.54 Å². The van der Waals surface area contributed by atoms with Crippen LogP contribution in [0.15, 0.2) is 33.7 Å². The van der Waals surface area contributed by atoms with E-state index in [2.05, 4.69) is 45.2 Å². The summed E-state index contributed by atoms with van der Waals surface area (Å²) >= 11 is 3.48. The largest absolute Gasteiger partial charge is 0.370 e. The quantitative estimate of drug-likeness (QED) is 0.447. The summed E-state index contributed by atoms with van der Waals surface area (Å²) in [5.74, 6) is 0.610. The van der Waals surface area contributed by atoms with Gasteiger partial charge in [0.1, 0.15) is 0 Å². The third-order valence-corrected chi connectivity index (χ3v) is 4.30. The summed E-state index contributed by atoms with van der Waals surface area (Å²) in [5, 5.41) is 0. The lowest BCUT2D eigenvalue weighted by atomic mass is 9.64. The Hall–Kier alpha value is -0.300. The molecule has 0 amide bonds. The van der Waals surface area contributed by atoms with Gasteiger partial charge < -0.3 is 10.6 Å². The van der Waals surface area contributed by atoms with E-state index in [1.807, 2.05) is 19.0 Å². The second kappa shape index (κ2) is 6.92. The van der Waals surface area contributed by atoms with E-state index < -0.39 is 0 Å². The first-order valence-electron chi connectivity index (χ1n) is 6.27. The molecule has 0 spiro atoms. The van der Waals surface area contributed by atoms with Crippen LogP contribution in [0.4, 0.5) is 0 Å². The molecule has 0 aromatic heterocycles. The lowest BCUT2D eigenvalue weighted by molar-refractivity contribution is 0.253. The predicted molar refractivity (Wildman–Crippen MR) is 95.3 cm³/mol. The van der Waals surface area contributed by atoms with Crippen LogP contribution in [-0.4, -0.2) is 31.5 Å². The number of benzene rings is 1. The Morgan fingerprint density at radius 1 is 1.32 bits per heavy atom. The van der Waals surface area contributed by atoms with E-state index in [0.717, 1.165) is 11.0 Å². The Kier molecular flexibility index (Phi) is 6.11. The van der Waals surface area contributed by atoms with Gasteiger partial charge >= 0.3 is 0 Å². The van der Waals surface area contributed by atoms with Gasteiger partial charge in [-0.15, -0.1) is 24.0 Å². The van der Waals surface area contributed by atoms with Gasteiger partial charge in [-0.3, -0.25) is 4.99 Å². The molecule has 0 heterocycles. The van der Waals surface area contributed by atoms with Gasteiger partial charge in [0.25, 0.3) is 0 Å². The number of hydrogen-bond donors (Lipinski definition) is 1. The minimum atomic E-state index is 0. The van der Waals surface area contributed by atoms with Gasteiger partial charge in [-0.1, -0.05) is 34.5 Å². The summed E-state index contributed by atoms with van der Waals surface area (Å²) in [6.45, 7) is 0.790. The molecule has 2 rings (SSSR count). The fourth-order valence-corrected chi connectivity index (χ4v) is 2.58. The van der Waals surface area contributed by atoms with E-state index in [1.54, 1.807) is 0 Å². The molecule has 3 nitrogen and oxygen atoms in total. The highest BCUT2D eigenvalue weighted by molar-refractivity contribution is 14.0. The molecule has 0 unspecified atom stereocenters. The van der Waals surface area contributed by atoms with Crippen LogP contribution in [0.25, 0.3) is 0 Å². The van der Waals surface area contributed by atoms with Crippen molar-refractivity contribution in [2.45, 2.75) is 24.7 Å². The zero-order chi connectivity index (χ0) is 13.2. The molecule has 1 saturated carbocycles. The lowest BCUT2D eigenvalue weighted by Gasteiger charge is -2.41. The van der Waals surface area contributed by atoms with Gasteiger partial charge in [-0.05, 0) is 30.5 Å². The molecular weight excluding hydrogens is 417 g/mol. The Morgan fingerprint density at radius 3 is 2.32 bits per heavy atom. The fraction of sp³-hybridized carbons (Fsp3) is 0.500. The first-order chi connectivity index (χ1) is 8.53. The highest BCUT2D eigenvalue weighted by atomic mass is 127. The van der Waals surface area contributed by atoms with Crippen LogP contribution in [0.2, 0.25) is 0 Å². The minimum Gasteiger partial charge on any atom is -0.370 e. The van der Waals surface area contributed by atoms with Crippen LogP contribution in [0.1, 0.15) is 24.8 Å². The monoisotopic (exact) mass is 437 g/mol. The summed E-state index contributed by atoms with van der Waals surface area (Å²) < 4.78 is 1.12. The Balaban J connectivity index is 0.00000180. The minimum absolute atomic E-state index is 0. The van der Waals surface area contributed by atoms with Crippen LogP contribution in [0, 0.1) is 0 Å². The van der Waals surface area contributed by atoms with Crippen molar-refractivity contribution in [2.24, 2.45) is 10.7 Å². The molecule has 106 valence electrons. The second-order valence-electron chi connectivity index (χ2n) is 5.21. The van der Waals surface area contributed by atoms with Gasteiger partial charge in [0, 0.05) is 24.0 Å². The van der Waals surface area contributed by atoms with Crippen molar-refractivity contribution in [3.05, 3.63) is 34.3 Å². The highest BCUT2D eigenvalue weighted by Crippen LogP contribution is 2.44. The summed E-state index contributed by atoms with van der Waals surface area (Å²) in [7, 11) is 3.85. The standard InChI is InChI=1S/C14H20BrN3.HI/c1-18(2)13(16)17-10-14(8-3-9-14)11-4-6-12(15)7-5-11;/h4-7H,3,8-10H2,1-2H3,(H2,16,17);1H. The van der Waals surface area contributed by atoms with Crippen molar-refractivity contribution < 1.29 is 0 Å². The molecule has 1 aliphatic carbocycles. The van der Waals surface area contributed by atoms with E-state index in [-0.39, 0.29) is 29.4 Å². The van der Waals surface area contributed by atoms with E-state index in [4.69, 9.17) is 5.73 Å². The second-order valence-corrected chi connectivity index (χ2v) is 6.13. The number of guanidine groups is 1. The van der Waals surface area contributed by atoms with E-state index in [0.29, 0.717) is 5.96 Å². The van der Waals surface area contributed by atoms with Crippen LogP contribution >= 0.6 is 39.9 Å². The van der Waals surface area contributed by atoms with Crippen LogP contribution in [0.3, 0.4) is 0 Å². The zero-order valence-electron chi connectivity index (χ0n) is 11.4. The van der Waals surface area contributed by atoms with Gasteiger partial charge in [-0.25, -0.2) is 0 Å². The fourth-order valence-electron chi connectivity index (χ4n) is 2.32. The van der Waals surface area contributed by atoms with Gasteiger partial charge in [0.2, 0.25) is 0 Å². The van der Waals surface area contributed by atoms with Crippen LogP contribution in [-0.2, 0) is 5.41 Å². The van der Waals surface area contributed by atoms with Crippen molar-refractivity contribution in [3.8, 4) is 0 Å². The molecule has 0 aliphatic heterocycles. The van der Waals surface area contributed by atoms with Crippen molar-refractivity contribution in [2.75, 3.05) is 20.6 Å². The summed E-state index contributed by atoms with van der Waals surface area (Å²) in [5.41, 5.74) is 7.46. The number of nitrogens with two attached hydrogens (primary N) is 1. The van der Waals surface area contributed by atoms with Crippen molar-refractivity contribution in [1.82, 2.24) is 4.90 Å². The van der Waals surface area contributed by atoms with E-state index >= 15 is 0 Å². The maximum atomic E-state index is 5.87. The lowest BCUT2D eigenvalue weighted by Crippen LogP contribution is -2.39. The molecule has 19 heavy (non-hydrogen) atoms. The Morgan fingerprint density at radius 2 is 1.89 bits per heavy atom. The first-order valence-corrected chi connectivity index (χ1v) is 7.06. The molecule has 1 aromatic rings. The molecule has 0 saturated heterocycles. The number of aliphatic imine (C=N–C) groups is 1. The van der Waals surface area contributed by atoms with Crippen molar-refractivity contribution in [1.29, 1.82) is 0 Å². The molecule has 0 bridgehead atoms. The molecule has 0 radical (unpaired) electrons. The van der Waals surface area contributed by atoms with E-state index in [1.165, 1.54) is 24.8 Å². The number of nitrogens with zero attached hydrogens (tertiary/aromatic N) is 2. The first kappa shape index (κ1) is 16.8. The maximum Gasteiger partial charge on any atom is 0.190 e. The molecule has 5 heteroatoms. The Labute approximate surface area is 140 Å². The molecular formula is C14H21BrIN3. The highest BCUT2D eigenvalue weighted by Gasteiger charge is 2.38. The molecule has 1 aromatic carbocycles. The summed E-state index contributed by atoms with van der Waals surface area (Å²) in [6.07, 6.45) is 3.70. The number of hydrogen-bond acceptors (Lipinski definition) is 1. The summed E-state index contributed by atoms with van der Waals surface area (Å²) in [6, 6.07) is 8.61. The maximum absolute atomic E-state index is 5.87. The van der Waals surface area contributed by atoms with Crippen molar-refractivity contribution >= 4 is 45.9 Å². The predicted octanol–water partition coefficient (Wildman–Crippen LogP) is 3.37. The van der Waals surface area contributed by atoms with Crippen LogP contribution < -0.4 is 5.73 Å². The normalized spacial score (nSPS) is 17.3. The topological polar surface area (TPSA) is 41.6 Å². The van der Waals surface area contributed by atoms with Gasteiger partial charge in [-0.2, -0.15) is 0 Å². The number of halogens is 2. The average molecular weight is 438 g/mol. The third kappa shape index (κ3) is 3.84. The average Bonchev–Trinajstić information content (AvgIpc) is 2.29. The van der Waals surface area contributed by atoms with E-state index in [9.17, 15) is 0 Å². The Bertz CT molecular complexity index is 439. The molecule has 1 aliphatic rings. The van der Waals surface area contributed by atoms with Crippen LogP contribution in [0.5, 0.6) is 0 Å². The molecule has 2 N–H and O–H groups in total. The van der Waals surface area contributed by atoms with Crippen molar-refractivity contribution in [3.63, 3.8) is 0 Å². The smallest absolute Gasteiger partial charge is 0.190 e. The molecule has 0 atom stereocenters.